The van der Waals surface area contributed by atoms with Gasteiger partial charge in [-0.15, -0.1) is 0 Å². The minimum atomic E-state index is -0.280. The number of benzene rings is 1. The molecule has 1 aliphatic rings. The van der Waals surface area contributed by atoms with Crippen molar-refractivity contribution in [2.24, 2.45) is 7.05 Å². The Balaban J connectivity index is 1.75. The monoisotopic (exact) mass is 319 g/mol. The van der Waals surface area contributed by atoms with Crippen LogP contribution in [-0.4, -0.2) is 38.2 Å². The third-order valence-electron chi connectivity index (χ3n) is 4.50. The van der Waals surface area contributed by atoms with Gasteiger partial charge in [-0.1, -0.05) is 23.7 Å². The van der Waals surface area contributed by atoms with Crippen molar-refractivity contribution in [2.45, 2.75) is 38.0 Å². The van der Waals surface area contributed by atoms with E-state index in [4.69, 9.17) is 11.6 Å². The van der Waals surface area contributed by atoms with Crippen LogP contribution in [0.4, 0.5) is 0 Å². The van der Waals surface area contributed by atoms with Crippen LogP contribution >= 0.6 is 11.6 Å². The molecule has 4 nitrogen and oxygen atoms in total. The molecule has 2 heterocycles. The lowest BCUT2D eigenvalue weighted by Gasteiger charge is -2.39. The fourth-order valence-corrected chi connectivity index (χ4v) is 3.30. The summed E-state index contributed by atoms with van der Waals surface area (Å²) in [5.74, 6) is 0. The van der Waals surface area contributed by atoms with Crippen LogP contribution in [0.3, 0.4) is 0 Å². The van der Waals surface area contributed by atoms with Crippen molar-refractivity contribution in [1.82, 2.24) is 14.5 Å². The van der Waals surface area contributed by atoms with Crippen LogP contribution in [0.1, 0.15) is 24.1 Å². The molecule has 1 fully saturated rings. The second kappa shape index (κ2) is 6.82. The van der Waals surface area contributed by atoms with E-state index in [1.54, 1.807) is 0 Å². The Morgan fingerprint density at radius 3 is 2.77 bits per heavy atom. The van der Waals surface area contributed by atoms with Gasteiger partial charge in [0.25, 0.3) is 0 Å². The second-order valence-corrected chi connectivity index (χ2v) is 6.51. The maximum Gasteiger partial charge on any atom is 0.0945 e. The molecule has 22 heavy (non-hydrogen) atoms. The van der Waals surface area contributed by atoms with Gasteiger partial charge in [0.1, 0.15) is 0 Å². The average molecular weight is 320 g/mol. The number of aliphatic hydroxyl groups is 1. The maximum absolute atomic E-state index is 10.5. The molecule has 0 unspecified atom stereocenters. The van der Waals surface area contributed by atoms with Crippen molar-refractivity contribution in [3.63, 3.8) is 0 Å². The van der Waals surface area contributed by atoms with Crippen LogP contribution in [-0.2, 0) is 20.0 Å². The van der Waals surface area contributed by atoms with Crippen LogP contribution in [0.2, 0.25) is 5.02 Å². The smallest absolute Gasteiger partial charge is 0.0945 e. The van der Waals surface area contributed by atoms with Gasteiger partial charge in [0.05, 0.1) is 18.1 Å². The largest absolute Gasteiger partial charge is 0.391 e. The summed E-state index contributed by atoms with van der Waals surface area (Å²) >= 11 is 5.95. The van der Waals surface area contributed by atoms with Crippen LogP contribution in [0.15, 0.2) is 36.8 Å². The highest BCUT2D eigenvalue weighted by Gasteiger charge is 2.30. The molecule has 1 saturated heterocycles. The van der Waals surface area contributed by atoms with E-state index >= 15 is 0 Å². The number of hydrogen-bond donors (Lipinski definition) is 1. The van der Waals surface area contributed by atoms with E-state index in [0.717, 1.165) is 37.4 Å². The van der Waals surface area contributed by atoms with Crippen LogP contribution in [0, 0.1) is 0 Å². The lowest BCUT2D eigenvalue weighted by molar-refractivity contribution is 0.00576. The maximum atomic E-state index is 10.5. The molecular weight excluding hydrogens is 298 g/mol. The Hall–Kier alpha value is -1.36. The molecule has 2 atom stereocenters. The predicted molar refractivity (Wildman–Crippen MR) is 87.8 cm³/mol. The van der Waals surface area contributed by atoms with Gasteiger partial charge in [0.2, 0.25) is 0 Å². The van der Waals surface area contributed by atoms with E-state index in [0.29, 0.717) is 0 Å². The van der Waals surface area contributed by atoms with Crippen LogP contribution < -0.4 is 0 Å². The molecule has 0 spiro atoms. The summed E-state index contributed by atoms with van der Waals surface area (Å²) in [4.78, 5) is 6.56. The third kappa shape index (κ3) is 3.51. The summed E-state index contributed by atoms with van der Waals surface area (Å²) in [6.45, 7) is 1.84. The Morgan fingerprint density at radius 2 is 2.09 bits per heavy atom. The SMILES string of the molecule is Cn1cncc1CN1CCC[C@H](O)[C@@H]1Cc1ccc(Cl)cc1. The molecule has 118 valence electrons. The topological polar surface area (TPSA) is 41.3 Å². The normalized spacial score (nSPS) is 22.9. The first-order valence-corrected chi connectivity index (χ1v) is 8.13. The first kappa shape index (κ1) is 15.5. The Morgan fingerprint density at radius 1 is 1.32 bits per heavy atom. The lowest BCUT2D eigenvalue weighted by atomic mass is 9.93. The summed E-state index contributed by atoms with van der Waals surface area (Å²) in [6, 6.07) is 8.07. The highest BCUT2D eigenvalue weighted by atomic mass is 35.5. The second-order valence-electron chi connectivity index (χ2n) is 6.07. The molecule has 2 aromatic rings. The average Bonchev–Trinajstić information content (AvgIpc) is 2.90. The van der Waals surface area contributed by atoms with Crippen molar-refractivity contribution in [1.29, 1.82) is 0 Å². The molecule has 0 saturated carbocycles. The molecule has 0 radical (unpaired) electrons. The summed E-state index contributed by atoms with van der Waals surface area (Å²) in [7, 11) is 2.01. The number of rotatable bonds is 4. The van der Waals surface area contributed by atoms with Crippen molar-refractivity contribution in [3.8, 4) is 0 Å². The van der Waals surface area contributed by atoms with Gasteiger partial charge in [-0.3, -0.25) is 4.90 Å². The Kier molecular flexibility index (Phi) is 4.81. The highest BCUT2D eigenvalue weighted by molar-refractivity contribution is 6.30. The fourth-order valence-electron chi connectivity index (χ4n) is 3.17. The number of nitrogens with zero attached hydrogens (tertiary/aromatic N) is 3. The Labute approximate surface area is 136 Å². The fraction of sp³-hybridized carbons (Fsp3) is 0.471. The van der Waals surface area contributed by atoms with Crippen molar-refractivity contribution in [2.75, 3.05) is 6.54 Å². The number of aliphatic hydroxyl groups excluding tert-OH is 1. The number of imidazole rings is 1. The van der Waals surface area contributed by atoms with E-state index in [1.165, 1.54) is 11.3 Å². The number of aryl methyl sites for hydroxylation is 1. The van der Waals surface area contributed by atoms with Gasteiger partial charge in [-0.25, -0.2) is 4.98 Å². The number of aromatic nitrogens is 2. The minimum absolute atomic E-state index is 0.143. The lowest BCUT2D eigenvalue weighted by Crippen LogP contribution is -2.49. The van der Waals surface area contributed by atoms with Crippen LogP contribution in [0.5, 0.6) is 0 Å². The number of hydrogen-bond acceptors (Lipinski definition) is 3. The standard InChI is InChI=1S/C17H22ClN3O/c1-20-12-19-10-15(20)11-21-8-2-3-17(22)16(21)9-13-4-6-14(18)7-5-13/h4-7,10,12,16-17,22H,2-3,8-9,11H2,1H3/t16-,17-/m0/s1. The molecule has 1 aromatic carbocycles. The van der Waals surface area contributed by atoms with Gasteiger partial charge >= 0.3 is 0 Å². The van der Waals surface area contributed by atoms with Gasteiger partial charge in [0, 0.05) is 30.9 Å². The predicted octanol–water partition coefficient (Wildman–Crippen LogP) is 2.64. The van der Waals surface area contributed by atoms with Crippen molar-refractivity contribution in [3.05, 3.63) is 53.1 Å². The first-order chi connectivity index (χ1) is 10.6. The highest BCUT2D eigenvalue weighted by Crippen LogP contribution is 2.24. The molecule has 0 amide bonds. The van der Waals surface area contributed by atoms with E-state index in [1.807, 2.05) is 48.4 Å². The zero-order chi connectivity index (χ0) is 15.5. The molecule has 1 aliphatic heterocycles. The Bertz CT molecular complexity index is 611. The number of halogens is 1. The minimum Gasteiger partial charge on any atom is -0.391 e. The number of piperidine rings is 1. The van der Waals surface area contributed by atoms with E-state index in [2.05, 4.69) is 9.88 Å². The zero-order valence-electron chi connectivity index (χ0n) is 12.8. The summed E-state index contributed by atoms with van der Waals surface area (Å²) in [6.07, 6.45) is 6.20. The van der Waals surface area contributed by atoms with E-state index in [9.17, 15) is 5.11 Å². The van der Waals surface area contributed by atoms with Gasteiger partial charge in [0.15, 0.2) is 0 Å². The van der Waals surface area contributed by atoms with Crippen LogP contribution in [0.25, 0.3) is 0 Å². The quantitative estimate of drug-likeness (QED) is 0.942. The summed E-state index contributed by atoms with van der Waals surface area (Å²) in [5.41, 5.74) is 2.39. The third-order valence-corrected chi connectivity index (χ3v) is 4.75. The summed E-state index contributed by atoms with van der Waals surface area (Å²) in [5, 5.41) is 11.2. The van der Waals surface area contributed by atoms with Gasteiger partial charge in [-0.2, -0.15) is 0 Å². The van der Waals surface area contributed by atoms with E-state index < -0.39 is 0 Å². The molecule has 1 N–H and O–H groups in total. The van der Waals surface area contributed by atoms with Gasteiger partial charge in [-0.05, 0) is 43.5 Å². The number of likely N-dealkylation sites (tertiary alicyclic amines) is 1. The molecule has 0 aliphatic carbocycles. The molecule has 0 bridgehead atoms. The molecule has 1 aromatic heterocycles. The molecule has 5 heteroatoms. The van der Waals surface area contributed by atoms with Crippen molar-refractivity contribution >= 4 is 11.6 Å². The first-order valence-electron chi connectivity index (χ1n) is 7.75. The molecule has 3 rings (SSSR count). The van der Waals surface area contributed by atoms with Crippen molar-refractivity contribution < 1.29 is 5.11 Å². The van der Waals surface area contributed by atoms with E-state index in [-0.39, 0.29) is 12.1 Å². The summed E-state index contributed by atoms with van der Waals surface area (Å²) < 4.78 is 2.04. The van der Waals surface area contributed by atoms with Gasteiger partial charge < -0.3 is 9.67 Å². The zero-order valence-corrected chi connectivity index (χ0v) is 13.6. The molecular formula is C17H22ClN3O.